The number of halogens is 4. The van der Waals surface area contributed by atoms with Gasteiger partial charge in [0.25, 0.3) is 0 Å². The minimum Gasteiger partial charge on any atom is -0.481 e. The molecular weight excluding hydrogens is 342 g/mol. The molecule has 1 N–H and O–H groups in total. The molecule has 0 bridgehead atoms. The summed E-state index contributed by atoms with van der Waals surface area (Å²) in [5.74, 6) is -0.992. The Balaban J connectivity index is 2.73. The maximum atomic E-state index is 11.0. The van der Waals surface area contributed by atoms with Gasteiger partial charge in [0.1, 0.15) is 0 Å². The summed E-state index contributed by atoms with van der Waals surface area (Å²) in [6.45, 7) is 0. The van der Waals surface area contributed by atoms with Gasteiger partial charge in [0.2, 0.25) is 0 Å². The molecule has 2 nitrogen and oxygen atoms in total. The predicted octanol–water partition coefficient (Wildman–Crippen LogP) is 5.59. The lowest BCUT2D eigenvalue weighted by molar-refractivity contribution is -0.136. The molecule has 0 spiro atoms. The third kappa shape index (κ3) is 3.04. The Morgan fingerprint density at radius 3 is 2.25 bits per heavy atom. The number of carbonyl (C=O) groups is 1. The highest BCUT2D eigenvalue weighted by Gasteiger charge is 2.18. The lowest BCUT2D eigenvalue weighted by Crippen LogP contribution is -2.03. The van der Waals surface area contributed by atoms with Crippen molar-refractivity contribution in [3.05, 3.63) is 56.0 Å². The number of benzene rings is 2. The van der Waals surface area contributed by atoms with Crippen molar-refractivity contribution in [2.45, 2.75) is 6.42 Å². The van der Waals surface area contributed by atoms with E-state index in [9.17, 15) is 4.79 Å². The summed E-state index contributed by atoms with van der Waals surface area (Å²) >= 11 is 24.4. The van der Waals surface area contributed by atoms with E-state index in [1.54, 1.807) is 30.3 Å². The third-order valence-electron chi connectivity index (χ3n) is 2.76. The first-order chi connectivity index (χ1) is 9.41. The van der Waals surface area contributed by atoms with Gasteiger partial charge in [0, 0.05) is 10.6 Å². The highest BCUT2D eigenvalue weighted by molar-refractivity contribution is 6.46. The Kier molecular flexibility index (Phi) is 4.82. The Bertz CT molecular complexity index is 683. The van der Waals surface area contributed by atoms with Crippen LogP contribution in [0.25, 0.3) is 11.1 Å². The molecule has 0 aliphatic heterocycles. The van der Waals surface area contributed by atoms with Crippen LogP contribution in [0.4, 0.5) is 0 Å². The van der Waals surface area contributed by atoms with Gasteiger partial charge in [-0.3, -0.25) is 4.79 Å². The van der Waals surface area contributed by atoms with Crippen molar-refractivity contribution in [2.75, 3.05) is 0 Å². The molecule has 0 fully saturated rings. The van der Waals surface area contributed by atoms with Gasteiger partial charge in [-0.25, -0.2) is 0 Å². The summed E-state index contributed by atoms with van der Waals surface area (Å²) in [6, 6.07) is 8.23. The second-order valence-electron chi connectivity index (χ2n) is 4.05. The van der Waals surface area contributed by atoms with Gasteiger partial charge in [0.05, 0.1) is 21.5 Å². The van der Waals surface area contributed by atoms with Crippen LogP contribution >= 0.6 is 46.4 Å². The van der Waals surface area contributed by atoms with Crippen LogP contribution < -0.4 is 0 Å². The predicted molar refractivity (Wildman–Crippen MR) is 83.3 cm³/mol. The first-order valence-corrected chi connectivity index (χ1v) is 7.06. The number of aliphatic carboxylic acids is 1. The number of carboxylic acid groups (broad SMARTS) is 1. The van der Waals surface area contributed by atoms with Crippen molar-refractivity contribution in [1.29, 1.82) is 0 Å². The minimum absolute atomic E-state index is 0.228. The summed E-state index contributed by atoms with van der Waals surface area (Å²) in [7, 11) is 0. The van der Waals surface area contributed by atoms with Crippen molar-refractivity contribution in [2.24, 2.45) is 0 Å². The Labute approximate surface area is 135 Å². The van der Waals surface area contributed by atoms with Gasteiger partial charge in [-0.15, -0.1) is 0 Å². The van der Waals surface area contributed by atoms with Gasteiger partial charge >= 0.3 is 5.97 Å². The highest BCUT2D eigenvalue weighted by Crippen LogP contribution is 2.41. The van der Waals surface area contributed by atoms with Crippen LogP contribution in [0.1, 0.15) is 5.56 Å². The van der Waals surface area contributed by atoms with E-state index >= 15 is 0 Å². The second kappa shape index (κ2) is 6.23. The topological polar surface area (TPSA) is 37.3 Å². The van der Waals surface area contributed by atoms with Crippen molar-refractivity contribution in [3.8, 4) is 11.1 Å². The molecule has 0 unspecified atom stereocenters. The van der Waals surface area contributed by atoms with Crippen molar-refractivity contribution < 1.29 is 9.90 Å². The molecule has 0 saturated carbocycles. The van der Waals surface area contributed by atoms with Gasteiger partial charge in [-0.2, -0.15) is 0 Å². The molecule has 0 aromatic heterocycles. The van der Waals surface area contributed by atoms with Crippen LogP contribution in [0.3, 0.4) is 0 Å². The molecule has 0 saturated heterocycles. The van der Waals surface area contributed by atoms with E-state index < -0.39 is 5.97 Å². The van der Waals surface area contributed by atoms with Crippen LogP contribution in [0, 0.1) is 0 Å². The SMILES string of the molecule is O=C(O)Cc1c(Cl)cccc1-c1c(Cl)ccc(Cl)c1Cl. The van der Waals surface area contributed by atoms with Crippen LogP contribution in [0.15, 0.2) is 30.3 Å². The average molecular weight is 350 g/mol. The van der Waals surface area contributed by atoms with Crippen LogP contribution in [-0.2, 0) is 11.2 Å². The summed E-state index contributed by atoms with van der Waals surface area (Å²) < 4.78 is 0. The van der Waals surface area contributed by atoms with Crippen molar-refractivity contribution in [3.63, 3.8) is 0 Å². The first kappa shape index (κ1) is 15.5. The van der Waals surface area contributed by atoms with Gasteiger partial charge in [0.15, 0.2) is 0 Å². The quantitative estimate of drug-likeness (QED) is 0.733. The van der Waals surface area contributed by atoms with E-state index in [2.05, 4.69) is 0 Å². The van der Waals surface area contributed by atoms with E-state index in [0.29, 0.717) is 31.8 Å². The van der Waals surface area contributed by atoms with Crippen LogP contribution in [0.5, 0.6) is 0 Å². The molecule has 0 atom stereocenters. The first-order valence-electron chi connectivity index (χ1n) is 5.55. The molecule has 2 rings (SSSR count). The molecule has 0 radical (unpaired) electrons. The van der Waals surface area contributed by atoms with Crippen LogP contribution in [-0.4, -0.2) is 11.1 Å². The zero-order valence-corrected chi connectivity index (χ0v) is 13.0. The van der Waals surface area contributed by atoms with Gasteiger partial charge in [-0.05, 0) is 29.3 Å². The molecule has 6 heteroatoms. The Morgan fingerprint density at radius 2 is 1.60 bits per heavy atom. The van der Waals surface area contributed by atoms with Crippen molar-refractivity contribution >= 4 is 52.4 Å². The molecule has 0 amide bonds. The standard InChI is InChI=1S/C14H8Cl4O2/c15-9-3-1-2-7(8(9)6-12(19)20)13-10(16)4-5-11(17)14(13)18/h1-5H,6H2,(H,19,20). The molecule has 0 heterocycles. The summed E-state index contributed by atoms with van der Waals surface area (Å²) in [5, 5.41) is 10.3. The fraction of sp³-hybridized carbons (Fsp3) is 0.0714. The number of carboxylic acids is 1. The Hall–Kier alpha value is -0.930. The third-order valence-corrected chi connectivity index (χ3v) is 4.23. The van der Waals surface area contributed by atoms with Gasteiger partial charge < -0.3 is 5.11 Å². The smallest absolute Gasteiger partial charge is 0.307 e. The fourth-order valence-electron chi connectivity index (χ4n) is 1.90. The molecule has 0 aliphatic carbocycles. The van der Waals surface area contributed by atoms with Gasteiger partial charge in [-0.1, -0.05) is 58.5 Å². The summed E-state index contributed by atoms with van der Waals surface area (Å²) in [5.41, 5.74) is 1.50. The molecular formula is C14H8Cl4O2. The molecule has 20 heavy (non-hydrogen) atoms. The van der Waals surface area contributed by atoms with E-state index in [1.165, 1.54) is 0 Å². The average Bonchev–Trinajstić information content (AvgIpc) is 2.38. The second-order valence-corrected chi connectivity index (χ2v) is 5.65. The molecule has 104 valence electrons. The fourth-order valence-corrected chi connectivity index (χ4v) is 2.87. The van der Waals surface area contributed by atoms with E-state index in [1.807, 2.05) is 0 Å². The largest absolute Gasteiger partial charge is 0.481 e. The van der Waals surface area contributed by atoms with E-state index in [0.717, 1.165) is 0 Å². The zero-order chi connectivity index (χ0) is 14.9. The molecule has 2 aromatic rings. The zero-order valence-electron chi connectivity index (χ0n) is 9.96. The highest BCUT2D eigenvalue weighted by atomic mass is 35.5. The maximum absolute atomic E-state index is 11.0. The number of rotatable bonds is 3. The summed E-state index contributed by atoms with van der Waals surface area (Å²) in [6.07, 6.45) is -0.228. The van der Waals surface area contributed by atoms with E-state index in [4.69, 9.17) is 51.5 Å². The lowest BCUT2D eigenvalue weighted by Gasteiger charge is -2.14. The maximum Gasteiger partial charge on any atom is 0.307 e. The number of hydrogen-bond donors (Lipinski definition) is 1. The minimum atomic E-state index is -0.992. The normalized spacial score (nSPS) is 10.6. The van der Waals surface area contributed by atoms with Crippen LogP contribution in [0.2, 0.25) is 20.1 Å². The lowest BCUT2D eigenvalue weighted by atomic mass is 9.97. The van der Waals surface area contributed by atoms with Crippen molar-refractivity contribution in [1.82, 2.24) is 0 Å². The van der Waals surface area contributed by atoms with E-state index in [-0.39, 0.29) is 11.4 Å². The molecule has 2 aromatic carbocycles. The number of hydrogen-bond acceptors (Lipinski definition) is 1. The Morgan fingerprint density at radius 1 is 0.950 bits per heavy atom. The molecule has 0 aliphatic rings. The summed E-state index contributed by atoms with van der Waals surface area (Å²) in [4.78, 5) is 11.0. The monoisotopic (exact) mass is 348 g/mol.